The van der Waals surface area contributed by atoms with Crippen molar-refractivity contribution in [2.45, 2.75) is 76.9 Å². The van der Waals surface area contributed by atoms with E-state index in [1.165, 1.54) is 0 Å². The summed E-state index contributed by atoms with van der Waals surface area (Å²) in [6.07, 6.45) is 1.28. The SMILES string of the molecule is CC(C)CN1CCN(CC(=O)O)CCN(CC(=O)O)CC(Cc2ccc(C(=O)N[C@@H](Cc3ccccc3)C(=O)CCC(=O)N[C@@H](CCCCN)C(=O)O)cc2)N(CC(=O)O)CC1. The van der Waals surface area contributed by atoms with Crippen molar-refractivity contribution in [2.75, 3.05) is 78.5 Å². The number of amides is 2. The van der Waals surface area contributed by atoms with Crippen LogP contribution in [0.2, 0.25) is 0 Å². The zero-order chi connectivity index (χ0) is 45.6. The summed E-state index contributed by atoms with van der Waals surface area (Å²) in [6, 6.07) is 13.1. The first-order valence-electron chi connectivity index (χ1n) is 21.3. The number of carbonyl (C=O) groups excluding carboxylic acids is 3. The fourth-order valence-corrected chi connectivity index (χ4v) is 7.53. The number of unbranched alkanes of at least 4 members (excludes halogenated alkanes) is 1. The molecule has 1 fully saturated rings. The molecule has 0 spiro atoms. The van der Waals surface area contributed by atoms with Crippen LogP contribution in [0, 0.1) is 5.92 Å². The molecule has 3 rings (SSSR count). The van der Waals surface area contributed by atoms with Crippen molar-refractivity contribution in [3.8, 4) is 0 Å². The molecule has 18 heteroatoms. The minimum atomic E-state index is -1.18. The van der Waals surface area contributed by atoms with Gasteiger partial charge in [0.1, 0.15) is 6.04 Å². The molecule has 0 radical (unpaired) electrons. The lowest BCUT2D eigenvalue weighted by Crippen LogP contribution is -2.53. The van der Waals surface area contributed by atoms with E-state index < -0.39 is 59.6 Å². The third-order valence-corrected chi connectivity index (χ3v) is 10.7. The van der Waals surface area contributed by atoms with Crippen LogP contribution in [0.25, 0.3) is 0 Å². The van der Waals surface area contributed by atoms with Crippen molar-refractivity contribution in [1.82, 2.24) is 30.2 Å². The van der Waals surface area contributed by atoms with E-state index in [1.807, 2.05) is 23.1 Å². The summed E-state index contributed by atoms with van der Waals surface area (Å²) in [5, 5.41) is 44.2. The van der Waals surface area contributed by atoms with Gasteiger partial charge in [-0.05, 0) is 67.8 Å². The lowest BCUT2D eigenvalue weighted by Gasteiger charge is -2.38. The van der Waals surface area contributed by atoms with E-state index in [1.54, 1.807) is 46.2 Å². The van der Waals surface area contributed by atoms with E-state index in [9.17, 15) is 54.0 Å². The Bertz CT molecular complexity index is 1760. The maximum Gasteiger partial charge on any atom is 0.326 e. The van der Waals surface area contributed by atoms with Crippen molar-refractivity contribution < 1.29 is 54.0 Å². The summed E-state index contributed by atoms with van der Waals surface area (Å²) in [5.74, 6) is -5.52. The van der Waals surface area contributed by atoms with Gasteiger partial charge in [-0.25, -0.2) is 4.79 Å². The number of aliphatic carboxylic acids is 4. The molecular formula is C44H65N7O11. The molecule has 1 unspecified atom stereocenters. The second-order valence-corrected chi connectivity index (χ2v) is 16.3. The Morgan fingerprint density at radius 2 is 1.27 bits per heavy atom. The molecule has 2 aromatic carbocycles. The molecule has 0 saturated carbocycles. The van der Waals surface area contributed by atoms with E-state index in [0.29, 0.717) is 64.4 Å². The van der Waals surface area contributed by atoms with Crippen molar-refractivity contribution in [3.63, 3.8) is 0 Å². The number of hydrogen-bond acceptors (Lipinski definition) is 12. The molecule has 0 aromatic heterocycles. The third-order valence-electron chi connectivity index (χ3n) is 10.7. The average Bonchev–Trinajstić information content (AvgIpc) is 3.20. The second kappa shape index (κ2) is 26.9. The summed E-state index contributed by atoms with van der Waals surface area (Å²) in [6.45, 7) is 7.03. The second-order valence-electron chi connectivity index (χ2n) is 16.3. The number of Topliss-reactive ketones (excluding diaryl/α,β-unsaturated/α-hetero) is 1. The number of benzene rings is 2. The number of ketones is 1. The Labute approximate surface area is 363 Å². The minimum absolute atomic E-state index is 0.151. The van der Waals surface area contributed by atoms with Crippen LogP contribution in [0.5, 0.6) is 0 Å². The maximum absolute atomic E-state index is 13.7. The van der Waals surface area contributed by atoms with Crippen molar-refractivity contribution >= 4 is 41.5 Å². The number of rotatable bonds is 24. The number of carboxylic acid groups (broad SMARTS) is 4. The lowest BCUT2D eigenvalue weighted by atomic mass is 9.98. The Kier molecular flexibility index (Phi) is 22.2. The number of carboxylic acids is 4. The van der Waals surface area contributed by atoms with Crippen LogP contribution in [0.3, 0.4) is 0 Å². The van der Waals surface area contributed by atoms with E-state index >= 15 is 0 Å². The molecular weight excluding hydrogens is 803 g/mol. The summed E-state index contributed by atoms with van der Waals surface area (Å²) in [7, 11) is 0. The number of nitrogens with two attached hydrogens (primary N) is 1. The van der Waals surface area contributed by atoms with E-state index in [-0.39, 0.29) is 64.0 Å². The maximum atomic E-state index is 13.7. The molecule has 0 bridgehead atoms. The van der Waals surface area contributed by atoms with Gasteiger partial charge in [0.2, 0.25) is 5.91 Å². The van der Waals surface area contributed by atoms with Crippen LogP contribution < -0.4 is 16.4 Å². The van der Waals surface area contributed by atoms with Gasteiger partial charge in [0, 0.05) is 76.8 Å². The van der Waals surface area contributed by atoms with E-state index in [2.05, 4.69) is 29.4 Å². The fourth-order valence-electron chi connectivity index (χ4n) is 7.53. The largest absolute Gasteiger partial charge is 0.480 e. The quantitative estimate of drug-likeness (QED) is 0.0729. The predicted molar refractivity (Wildman–Crippen MR) is 231 cm³/mol. The van der Waals surface area contributed by atoms with Crippen LogP contribution in [-0.4, -0.2) is 178 Å². The molecule has 0 aliphatic carbocycles. The molecule has 1 heterocycles. The molecule has 1 saturated heterocycles. The molecule has 2 aromatic rings. The monoisotopic (exact) mass is 867 g/mol. The van der Waals surface area contributed by atoms with E-state index in [4.69, 9.17) is 5.73 Å². The molecule has 1 aliphatic rings. The number of carbonyl (C=O) groups is 7. The number of hydrogen-bond donors (Lipinski definition) is 7. The lowest BCUT2D eigenvalue weighted by molar-refractivity contribution is -0.142. The number of nitrogens with zero attached hydrogens (tertiary/aromatic N) is 4. The molecule has 62 heavy (non-hydrogen) atoms. The van der Waals surface area contributed by atoms with Crippen LogP contribution in [0.1, 0.15) is 67.4 Å². The standard InChI is InChI=1S/C44H65N7O11/c1-31(2)26-48-18-19-49(28-40(54)55)20-21-50(29-41(56)57)27-35(51(23-22-48)30-42(58)59)24-33-11-13-34(14-12-33)43(60)47-37(25-32-8-4-3-5-9-32)38(52)15-16-39(53)46-36(44(61)62)10-6-7-17-45/h3-5,8-9,11-14,31,35-37H,6-7,10,15-30,45H2,1-2H3,(H,46,53)(H,47,60)(H,54,55)(H,56,57)(H,58,59)(H,61,62)/t35?,36-,37-/m0/s1. The average molecular weight is 868 g/mol. The Morgan fingerprint density at radius 3 is 1.87 bits per heavy atom. The van der Waals surface area contributed by atoms with Gasteiger partial charge in [-0.15, -0.1) is 0 Å². The van der Waals surface area contributed by atoms with Gasteiger partial charge >= 0.3 is 23.9 Å². The van der Waals surface area contributed by atoms with Crippen LogP contribution in [-0.2, 0) is 41.6 Å². The molecule has 342 valence electrons. The molecule has 18 nitrogen and oxygen atoms in total. The van der Waals surface area contributed by atoms with Crippen molar-refractivity contribution in [3.05, 3.63) is 71.3 Å². The van der Waals surface area contributed by atoms with Gasteiger partial charge in [0.15, 0.2) is 5.78 Å². The highest BCUT2D eigenvalue weighted by atomic mass is 16.4. The van der Waals surface area contributed by atoms with Gasteiger partial charge in [0.05, 0.1) is 25.7 Å². The van der Waals surface area contributed by atoms with E-state index in [0.717, 1.165) is 17.7 Å². The minimum Gasteiger partial charge on any atom is -0.480 e. The van der Waals surface area contributed by atoms with Crippen molar-refractivity contribution in [1.29, 1.82) is 0 Å². The highest BCUT2D eigenvalue weighted by Crippen LogP contribution is 2.16. The first kappa shape index (κ1) is 51.1. The highest BCUT2D eigenvalue weighted by Gasteiger charge is 2.28. The van der Waals surface area contributed by atoms with Crippen molar-refractivity contribution in [2.24, 2.45) is 11.7 Å². The first-order valence-corrected chi connectivity index (χ1v) is 21.3. The molecule has 2 amide bonds. The third kappa shape index (κ3) is 19.6. The molecule has 1 aliphatic heterocycles. The summed E-state index contributed by atoms with van der Waals surface area (Å²) >= 11 is 0. The zero-order valence-electron chi connectivity index (χ0n) is 36.0. The van der Waals surface area contributed by atoms with Gasteiger partial charge in [-0.3, -0.25) is 43.5 Å². The van der Waals surface area contributed by atoms with Gasteiger partial charge in [-0.2, -0.15) is 0 Å². The van der Waals surface area contributed by atoms with Crippen LogP contribution in [0.4, 0.5) is 0 Å². The summed E-state index contributed by atoms with van der Waals surface area (Å²) in [5.41, 5.74) is 7.28. The van der Waals surface area contributed by atoms with Gasteiger partial charge in [0.25, 0.3) is 5.91 Å². The fraction of sp³-hybridized carbons (Fsp3) is 0.568. The Morgan fingerprint density at radius 1 is 0.677 bits per heavy atom. The molecule has 3 atom stereocenters. The first-order chi connectivity index (χ1) is 29.5. The Balaban J connectivity index is 1.82. The highest BCUT2D eigenvalue weighted by molar-refractivity contribution is 5.98. The zero-order valence-corrected chi connectivity index (χ0v) is 36.0. The predicted octanol–water partition coefficient (Wildman–Crippen LogP) is 1.12. The van der Waals surface area contributed by atoms with Crippen LogP contribution in [0.15, 0.2) is 54.6 Å². The Hall–Kier alpha value is -5.27. The molecule has 8 N–H and O–H groups in total. The smallest absolute Gasteiger partial charge is 0.326 e. The topological polar surface area (TPSA) is 263 Å². The summed E-state index contributed by atoms with van der Waals surface area (Å²) < 4.78 is 0. The number of nitrogens with one attached hydrogen (secondary N) is 2. The van der Waals surface area contributed by atoms with Crippen LogP contribution >= 0.6 is 0 Å². The van der Waals surface area contributed by atoms with Gasteiger partial charge in [-0.1, -0.05) is 56.3 Å². The summed E-state index contributed by atoms with van der Waals surface area (Å²) in [4.78, 5) is 95.1. The normalized spacial score (nSPS) is 17.3. The van der Waals surface area contributed by atoms with Gasteiger partial charge < -0.3 is 41.7 Å².